The Hall–Kier alpha value is -2.25. The summed E-state index contributed by atoms with van der Waals surface area (Å²) in [5.41, 5.74) is 2.67. The second-order valence-electron chi connectivity index (χ2n) is 6.84. The largest absolute Gasteiger partial charge is 0.391 e. The van der Waals surface area contributed by atoms with Crippen LogP contribution < -0.4 is 4.80 Å². The highest BCUT2D eigenvalue weighted by atomic mass is 32.1. The highest BCUT2D eigenvalue weighted by Gasteiger charge is 2.24. The van der Waals surface area contributed by atoms with E-state index >= 15 is 0 Å². The van der Waals surface area contributed by atoms with Crippen LogP contribution in [0.5, 0.6) is 0 Å². The summed E-state index contributed by atoms with van der Waals surface area (Å²) in [4.78, 5) is 32.0. The van der Waals surface area contributed by atoms with Crippen molar-refractivity contribution in [3.8, 4) is 0 Å². The normalized spacial score (nSPS) is 17.6. The number of amides is 1. The number of β-amino-alcohol motifs (C(OH)–C–C–N with tert-alkyl or cyclic N) is 1. The Kier molecular flexibility index (Phi) is 5.92. The molecule has 1 aromatic heterocycles. The lowest BCUT2D eigenvalue weighted by atomic mass is 10.1. The lowest BCUT2D eigenvalue weighted by molar-refractivity contribution is -0.129. The number of hydrogen-bond acceptors (Lipinski definition) is 5. The molecule has 2 heterocycles. The first-order valence-electron chi connectivity index (χ1n) is 9.19. The number of aliphatic hydroxyl groups excluding tert-OH is 1. The minimum absolute atomic E-state index is 0.0417. The van der Waals surface area contributed by atoms with E-state index < -0.39 is 6.10 Å². The zero-order valence-electron chi connectivity index (χ0n) is 15.9. The van der Waals surface area contributed by atoms with Gasteiger partial charge in [0.2, 0.25) is 5.91 Å². The average molecular weight is 388 g/mol. The van der Waals surface area contributed by atoms with Crippen LogP contribution in [0.25, 0.3) is 0 Å². The zero-order chi connectivity index (χ0) is 19.6. The van der Waals surface area contributed by atoms with Gasteiger partial charge in [-0.15, -0.1) is 0 Å². The van der Waals surface area contributed by atoms with Crippen LogP contribution in [-0.2, 0) is 17.8 Å². The van der Waals surface area contributed by atoms with Gasteiger partial charge in [-0.2, -0.15) is 0 Å². The number of nitrogens with zero attached hydrogens (tertiary/aromatic N) is 3. The molecule has 0 saturated carbocycles. The summed E-state index contributed by atoms with van der Waals surface area (Å²) in [6, 6.07) is 7.60. The third-order valence-corrected chi connectivity index (χ3v) is 6.11. The van der Waals surface area contributed by atoms with Gasteiger partial charge in [0.05, 0.1) is 23.1 Å². The van der Waals surface area contributed by atoms with Crippen molar-refractivity contribution in [2.45, 2.75) is 46.3 Å². The Bertz CT molecular complexity index is 912. The van der Waals surface area contributed by atoms with Gasteiger partial charge in [-0.3, -0.25) is 9.59 Å². The average Bonchev–Trinajstić information content (AvgIpc) is 3.20. The van der Waals surface area contributed by atoms with E-state index in [-0.39, 0.29) is 11.7 Å². The zero-order valence-corrected chi connectivity index (χ0v) is 16.8. The molecular formula is C20H25N3O3S. The molecule has 27 heavy (non-hydrogen) atoms. The number of Topliss-reactive ketones (excluding diaryl/α,β-unsaturated/α-hetero) is 1. The van der Waals surface area contributed by atoms with Crippen molar-refractivity contribution in [3.05, 3.63) is 45.2 Å². The minimum atomic E-state index is -0.394. The molecule has 1 unspecified atom stereocenters. The maximum absolute atomic E-state index is 12.3. The van der Waals surface area contributed by atoms with Crippen LogP contribution in [0.4, 0.5) is 5.69 Å². The number of aliphatic hydroxyl groups is 1. The lowest BCUT2D eigenvalue weighted by Gasteiger charge is -2.15. The summed E-state index contributed by atoms with van der Waals surface area (Å²) in [5, 5.41) is 9.56. The van der Waals surface area contributed by atoms with E-state index in [2.05, 4.69) is 4.99 Å². The fourth-order valence-corrected chi connectivity index (χ4v) is 4.43. The van der Waals surface area contributed by atoms with E-state index in [0.29, 0.717) is 25.9 Å². The third-order valence-electron chi connectivity index (χ3n) is 4.83. The van der Waals surface area contributed by atoms with Gasteiger partial charge >= 0.3 is 0 Å². The van der Waals surface area contributed by atoms with E-state index in [4.69, 9.17) is 0 Å². The van der Waals surface area contributed by atoms with Gasteiger partial charge in [-0.05, 0) is 38.0 Å². The SMILES string of the molecule is CCn1c(C)c(C(C)=O)s/c1=N/c1ccc(CC(=O)N2CCC(O)C2)cc1. The number of carbonyl (C=O) groups excluding carboxylic acids is 2. The summed E-state index contributed by atoms with van der Waals surface area (Å²) in [7, 11) is 0. The van der Waals surface area contributed by atoms with Gasteiger partial charge in [0, 0.05) is 32.3 Å². The first-order valence-corrected chi connectivity index (χ1v) is 10.0. The van der Waals surface area contributed by atoms with Gasteiger partial charge < -0.3 is 14.6 Å². The van der Waals surface area contributed by atoms with Crippen LogP contribution in [0.3, 0.4) is 0 Å². The Balaban J connectivity index is 1.78. The van der Waals surface area contributed by atoms with Crippen LogP contribution in [0.1, 0.15) is 41.2 Å². The molecule has 1 N–H and O–H groups in total. The van der Waals surface area contributed by atoms with Crippen LogP contribution >= 0.6 is 11.3 Å². The van der Waals surface area contributed by atoms with Crippen molar-refractivity contribution in [1.82, 2.24) is 9.47 Å². The first-order chi connectivity index (χ1) is 12.9. The second kappa shape index (κ2) is 8.19. The van der Waals surface area contributed by atoms with Gasteiger partial charge in [0.15, 0.2) is 10.6 Å². The Labute approximate surface area is 162 Å². The van der Waals surface area contributed by atoms with Crippen molar-refractivity contribution in [3.63, 3.8) is 0 Å². The molecule has 0 radical (unpaired) electrons. The van der Waals surface area contributed by atoms with Crippen molar-refractivity contribution in [2.75, 3.05) is 13.1 Å². The molecule has 6 nitrogen and oxygen atoms in total. The molecule has 1 aliphatic heterocycles. The fraction of sp³-hybridized carbons (Fsp3) is 0.450. The van der Waals surface area contributed by atoms with Crippen LogP contribution in [0, 0.1) is 6.92 Å². The third kappa shape index (κ3) is 4.36. The Morgan fingerprint density at radius 1 is 1.30 bits per heavy atom. The molecule has 0 spiro atoms. The van der Waals surface area contributed by atoms with Crippen LogP contribution in [-0.4, -0.2) is 45.5 Å². The monoisotopic (exact) mass is 387 g/mol. The molecule has 0 aliphatic carbocycles. The number of ketones is 1. The molecule has 3 rings (SSSR count). The first kappa shape index (κ1) is 19.5. The number of thiazole rings is 1. The summed E-state index contributed by atoms with van der Waals surface area (Å²) in [6.07, 6.45) is 0.590. The van der Waals surface area contributed by atoms with Gasteiger partial charge in [0.1, 0.15) is 0 Å². The van der Waals surface area contributed by atoms with Gasteiger partial charge in [0.25, 0.3) is 0 Å². The Morgan fingerprint density at radius 2 is 2.00 bits per heavy atom. The molecule has 2 aromatic rings. The topological polar surface area (TPSA) is 74.9 Å². The van der Waals surface area contributed by atoms with Crippen molar-refractivity contribution >= 4 is 28.7 Å². The predicted octanol–water partition coefficient (Wildman–Crippen LogP) is 2.45. The number of likely N-dealkylation sites (tertiary alicyclic amines) is 1. The fourth-order valence-electron chi connectivity index (χ4n) is 3.32. The molecule has 7 heteroatoms. The van der Waals surface area contributed by atoms with E-state index in [0.717, 1.165) is 33.2 Å². The molecule has 1 aromatic carbocycles. The smallest absolute Gasteiger partial charge is 0.227 e. The van der Waals surface area contributed by atoms with E-state index in [1.165, 1.54) is 11.3 Å². The predicted molar refractivity (Wildman–Crippen MR) is 105 cm³/mol. The minimum Gasteiger partial charge on any atom is -0.391 e. The highest BCUT2D eigenvalue weighted by Crippen LogP contribution is 2.17. The number of benzene rings is 1. The van der Waals surface area contributed by atoms with Crippen LogP contribution in [0.2, 0.25) is 0 Å². The molecular weight excluding hydrogens is 362 g/mol. The molecule has 144 valence electrons. The molecule has 0 bridgehead atoms. The van der Waals surface area contributed by atoms with E-state index in [9.17, 15) is 14.7 Å². The van der Waals surface area contributed by atoms with E-state index in [1.807, 2.05) is 42.7 Å². The maximum Gasteiger partial charge on any atom is 0.227 e. The summed E-state index contributed by atoms with van der Waals surface area (Å²) in [5.74, 6) is 0.0992. The molecule has 1 aliphatic rings. The Morgan fingerprint density at radius 3 is 2.56 bits per heavy atom. The number of carbonyl (C=O) groups is 2. The second-order valence-corrected chi connectivity index (χ2v) is 7.81. The standard InChI is InChI=1S/C20H25N3O3S/c1-4-23-13(2)19(14(3)24)27-20(23)21-16-7-5-15(6-8-16)11-18(26)22-10-9-17(25)12-22/h5-8,17,25H,4,9-12H2,1-3H3/b21-20+. The molecule has 1 fully saturated rings. The molecule has 1 atom stereocenters. The van der Waals surface area contributed by atoms with Gasteiger partial charge in [-0.1, -0.05) is 23.5 Å². The highest BCUT2D eigenvalue weighted by molar-refractivity contribution is 7.11. The number of rotatable bonds is 5. The van der Waals surface area contributed by atoms with Crippen molar-refractivity contribution in [2.24, 2.45) is 4.99 Å². The van der Waals surface area contributed by atoms with Crippen molar-refractivity contribution < 1.29 is 14.7 Å². The van der Waals surface area contributed by atoms with Crippen molar-refractivity contribution in [1.29, 1.82) is 0 Å². The van der Waals surface area contributed by atoms with Gasteiger partial charge in [-0.25, -0.2) is 4.99 Å². The van der Waals surface area contributed by atoms with Crippen LogP contribution in [0.15, 0.2) is 29.3 Å². The maximum atomic E-state index is 12.3. The molecule has 1 amide bonds. The summed E-state index contributed by atoms with van der Waals surface area (Å²) < 4.78 is 2.04. The van der Waals surface area contributed by atoms with E-state index in [1.54, 1.807) is 11.8 Å². The summed E-state index contributed by atoms with van der Waals surface area (Å²) >= 11 is 1.41. The quantitative estimate of drug-likeness (QED) is 0.801. The molecule has 1 saturated heterocycles. The summed E-state index contributed by atoms with van der Waals surface area (Å²) in [6.45, 7) is 7.36. The number of hydrogen-bond donors (Lipinski definition) is 1. The number of aromatic nitrogens is 1. The lowest BCUT2D eigenvalue weighted by Crippen LogP contribution is -2.30.